The van der Waals surface area contributed by atoms with E-state index in [4.69, 9.17) is 9.47 Å². The standard InChI is InChI=1S/C20H25NO5Si/c1-14(22)25-18-17(11-12-27(3,4)5)21(13-16-9-7-6-8-10-16)20(24)19(18)26-15(2)23/h6-10,17-19H,13H2,1-5H3/t17?,18-,19+/m0/s1. The molecule has 0 spiro atoms. The number of likely N-dealkylation sites (tertiary alicyclic amines) is 1. The Labute approximate surface area is 160 Å². The first-order chi connectivity index (χ1) is 12.6. The van der Waals surface area contributed by atoms with Crippen molar-refractivity contribution >= 4 is 25.9 Å². The van der Waals surface area contributed by atoms with Crippen LogP contribution in [0.3, 0.4) is 0 Å². The maximum absolute atomic E-state index is 13.0. The highest BCUT2D eigenvalue weighted by Gasteiger charge is 2.51. The van der Waals surface area contributed by atoms with Gasteiger partial charge in [0.25, 0.3) is 5.91 Å². The third-order valence-electron chi connectivity index (χ3n) is 3.86. The first-order valence-corrected chi connectivity index (χ1v) is 12.3. The maximum atomic E-state index is 13.0. The van der Waals surface area contributed by atoms with Crippen LogP contribution >= 0.6 is 0 Å². The number of nitrogens with zero attached hydrogens (tertiary/aromatic N) is 1. The van der Waals surface area contributed by atoms with Crippen molar-refractivity contribution in [1.29, 1.82) is 0 Å². The summed E-state index contributed by atoms with van der Waals surface area (Å²) in [5.74, 6) is 1.56. The van der Waals surface area contributed by atoms with E-state index in [1.807, 2.05) is 30.3 Å². The Hall–Kier alpha value is -2.59. The highest BCUT2D eigenvalue weighted by molar-refractivity contribution is 6.83. The summed E-state index contributed by atoms with van der Waals surface area (Å²) in [6, 6.07) is 8.78. The summed E-state index contributed by atoms with van der Waals surface area (Å²) < 4.78 is 10.6. The third-order valence-corrected chi connectivity index (χ3v) is 4.75. The van der Waals surface area contributed by atoms with Crippen LogP contribution in [0.15, 0.2) is 30.3 Å². The second kappa shape index (κ2) is 8.40. The van der Waals surface area contributed by atoms with Crippen molar-refractivity contribution in [1.82, 2.24) is 4.90 Å². The molecule has 144 valence electrons. The summed E-state index contributed by atoms with van der Waals surface area (Å²) in [5, 5.41) is 0. The highest BCUT2D eigenvalue weighted by atomic mass is 28.3. The Morgan fingerprint density at radius 2 is 1.67 bits per heavy atom. The van der Waals surface area contributed by atoms with Crippen molar-refractivity contribution in [3.63, 3.8) is 0 Å². The van der Waals surface area contributed by atoms with Crippen LogP contribution in [-0.4, -0.2) is 49.1 Å². The molecule has 1 aromatic carbocycles. The minimum Gasteiger partial charge on any atom is -0.455 e. The predicted octanol–water partition coefficient (Wildman–Crippen LogP) is 2.14. The average molecular weight is 388 g/mol. The Kier molecular flexibility index (Phi) is 6.44. The van der Waals surface area contributed by atoms with E-state index in [2.05, 4.69) is 31.1 Å². The normalized spacial score (nSPS) is 22.0. The molecule has 1 amide bonds. The Morgan fingerprint density at radius 1 is 1.07 bits per heavy atom. The lowest BCUT2D eigenvalue weighted by Gasteiger charge is -2.23. The van der Waals surface area contributed by atoms with E-state index in [1.165, 1.54) is 18.7 Å². The summed E-state index contributed by atoms with van der Waals surface area (Å²) in [5.41, 5.74) is 4.15. The molecule has 7 heteroatoms. The van der Waals surface area contributed by atoms with Crippen molar-refractivity contribution in [2.45, 2.75) is 58.3 Å². The van der Waals surface area contributed by atoms with Gasteiger partial charge in [0.05, 0.1) is 0 Å². The van der Waals surface area contributed by atoms with Gasteiger partial charge in [-0.1, -0.05) is 55.9 Å². The van der Waals surface area contributed by atoms with Gasteiger partial charge in [0.15, 0.2) is 6.10 Å². The molecule has 1 aliphatic rings. The molecule has 2 rings (SSSR count). The number of ether oxygens (including phenoxy) is 2. The molecule has 1 saturated heterocycles. The lowest BCUT2D eigenvalue weighted by molar-refractivity contribution is -0.165. The quantitative estimate of drug-likeness (QED) is 0.450. The zero-order valence-corrected chi connectivity index (χ0v) is 17.3. The number of carbonyl (C=O) groups is 3. The number of carbonyl (C=O) groups excluding carboxylic acids is 3. The fourth-order valence-corrected chi connectivity index (χ4v) is 3.39. The Morgan fingerprint density at radius 3 is 2.19 bits per heavy atom. The van der Waals surface area contributed by atoms with Gasteiger partial charge in [-0.2, -0.15) is 0 Å². The lowest BCUT2D eigenvalue weighted by atomic mass is 10.1. The molecular weight excluding hydrogens is 362 g/mol. The number of esters is 2. The monoisotopic (exact) mass is 387 g/mol. The van der Waals surface area contributed by atoms with Crippen LogP contribution in [0.4, 0.5) is 0 Å². The molecule has 1 fully saturated rings. The first-order valence-electron chi connectivity index (χ1n) is 8.80. The minimum absolute atomic E-state index is 0.292. The van der Waals surface area contributed by atoms with E-state index in [1.54, 1.807) is 0 Å². The van der Waals surface area contributed by atoms with Crippen molar-refractivity contribution in [3.8, 4) is 11.5 Å². The summed E-state index contributed by atoms with van der Waals surface area (Å²) in [6.45, 7) is 9.03. The van der Waals surface area contributed by atoms with Crippen molar-refractivity contribution in [2.75, 3.05) is 0 Å². The smallest absolute Gasteiger partial charge is 0.303 e. The summed E-state index contributed by atoms with van der Waals surface area (Å²) >= 11 is 0. The molecule has 0 saturated carbocycles. The van der Waals surface area contributed by atoms with Gasteiger partial charge >= 0.3 is 11.9 Å². The van der Waals surface area contributed by atoms with Crippen LogP contribution in [0.25, 0.3) is 0 Å². The number of hydrogen-bond donors (Lipinski definition) is 0. The fourth-order valence-electron chi connectivity index (χ4n) is 2.80. The van der Waals surface area contributed by atoms with E-state index < -0.39 is 44.2 Å². The number of hydrogen-bond acceptors (Lipinski definition) is 5. The van der Waals surface area contributed by atoms with Crippen molar-refractivity contribution in [2.24, 2.45) is 0 Å². The highest BCUT2D eigenvalue weighted by Crippen LogP contribution is 2.27. The molecule has 1 aliphatic heterocycles. The summed E-state index contributed by atoms with van der Waals surface area (Å²) in [6.07, 6.45) is -2.14. The third kappa shape index (κ3) is 5.69. The van der Waals surface area contributed by atoms with Crippen molar-refractivity contribution < 1.29 is 23.9 Å². The molecule has 27 heavy (non-hydrogen) atoms. The van der Waals surface area contributed by atoms with E-state index in [9.17, 15) is 14.4 Å². The van der Waals surface area contributed by atoms with Crippen LogP contribution < -0.4 is 0 Å². The predicted molar refractivity (Wildman–Crippen MR) is 103 cm³/mol. The van der Waals surface area contributed by atoms with Crippen LogP contribution in [-0.2, 0) is 30.4 Å². The largest absolute Gasteiger partial charge is 0.455 e. The zero-order chi connectivity index (χ0) is 20.2. The number of amides is 1. The molecule has 1 unspecified atom stereocenters. The summed E-state index contributed by atoms with van der Waals surface area (Å²) in [7, 11) is -1.74. The van der Waals surface area contributed by atoms with Gasteiger partial charge in [-0.15, -0.1) is 5.54 Å². The molecule has 0 N–H and O–H groups in total. The number of rotatable bonds is 4. The number of benzene rings is 1. The van der Waals surface area contributed by atoms with Crippen LogP contribution in [0.1, 0.15) is 19.4 Å². The topological polar surface area (TPSA) is 72.9 Å². The second-order valence-electron chi connectivity index (χ2n) is 7.52. The lowest BCUT2D eigenvalue weighted by Crippen LogP contribution is -2.39. The van der Waals surface area contributed by atoms with E-state index >= 15 is 0 Å². The van der Waals surface area contributed by atoms with E-state index in [-0.39, 0.29) is 0 Å². The zero-order valence-electron chi connectivity index (χ0n) is 16.3. The van der Waals surface area contributed by atoms with Crippen LogP contribution in [0.2, 0.25) is 19.6 Å². The first kappa shape index (κ1) is 20.7. The second-order valence-corrected chi connectivity index (χ2v) is 12.3. The van der Waals surface area contributed by atoms with E-state index in [0.29, 0.717) is 6.54 Å². The van der Waals surface area contributed by atoms with Gasteiger partial charge in [0.1, 0.15) is 14.1 Å². The SMILES string of the molecule is CC(=O)O[C@H]1C(=O)N(Cc2ccccc2)C(C#C[Si](C)(C)C)[C@@H]1OC(C)=O. The maximum Gasteiger partial charge on any atom is 0.303 e. The van der Waals surface area contributed by atoms with Crippen LogP contribution in [0, 0.1) is 11.5 Å². The van der Waals surface area contributed by atoms with Gasteiger partial charge in [-0.3, -0.25) is 14.4 Å². The molecule has 1 heterocycles. The molecule has 0 aliphatic carbocycles. The fraction of sp³-hybridized carbons (Fsp3) is 0.450. The molecular formula is C20H25NO5Si. The Balaban J connectivity index is 2.44. The van der Waals surface area contributed by atoms with Gasteiger partial charge in [-0.05, 0) is 5.56 Å². The summed E-state index contributed by atoms with van der Waals surface area (Å²) in [4.78, 5) is 37.6. The molecule has 6 nitrogen and oxygen atoms in total. The molecule has 1 aromatic rings. The van der Waals surface area contributed by atoms with Gasteiger partial charge in [0.2, 0.25) is 6.10 Å². The van der Waals surface area contributed by atoms with Crippen molar-refractivity contribution in [3.05, 3.63) is 35.9 Å². The van der Waals surface area contributed by atoms with Gasteiger partial charge in [-0.25, -0.2) is 0 Å². The average Bonchev–Trinajstić information content (AvgIpc) is 2.78. The Bertz CT molecular complexity index is 775. The van der Waals surface area contributed by atoms with Crippen LogP contribution in [0.5, 0.6) is 0 Å². The molecule has 0 radical (unpaired) electrons. The molecule has 0 aromatic heterocycles. The molecule has 3 atom stereocenters. The van der Waals surface area contributed by atoms with E-state index in [0.717, 1.165) is 5.56 Å². The van der Waals surface area contributed by atoms with Gasteiger partial charge < -0.3 is 14.4 Å². The van der Waals surface area contributed by atoms with Gasteiger partial charge in [0, 0.05) is 20.4 Å². The molecule has 0 bridgehead atoms. The minimum atomic E-state index is -1.74.